The van der Waals surface area contributed by atoms with Gasteiger partial charge in [-0.15, -0.1) is 0 Å². The zero-order valence-electron chi connectivity index (χ0n) is 11.9. The van der Waals surface area contributed by atoms with Gasteiger partial charge in [-0.1, -0.05) is 13.8 Å². The van der Waals surface area contributed by atoms with Gasteiger partial charge in [0.25, 0.3) is 0 Å². The van der Waals surface area contributed by atoms with E-state index in [0.29, 0.717) is 17.7 Å². The predicted molar refractivity (Wildman–Crippen MR) is 75.9 cm³/mol. The molecule has 2 rings (SSSR count). The van der Waals surface area contributed by atoms with Crippen LogP contribution in [0.15, 0.2) is 4.90 Å². The number of nitrogen functional groups attached to an aromatic ring is 1. The summed E-state index contributed by atoms with van der Waals surface area (Å²) >= 11 is 0. The molecule has 0 spiro atoms. The molecule has 1 aliphatic rings. The number of piperidine rings is 1. The summed E-state index contributed by atoms with van der Waals surface area (Å²) in [4.78, 5) is 2.21. The third-order valence-electron chi connectivity index (χ3n) is 3.57. The molecule has 0 amide bonds. The maximum absolute atomic E-state index is 11.9. The Labute approximate surface area is 114 Å². The van der Waals surface area contributed by atoms with Gasteiger partial charge in [-0.25, -0.2) is 13.1 Å². The van der Waals surface area contributed by atoms with Gasteiger partial charge >= 0.3 is 0 Å². The number of hydrogen-bond donors (Lipinski definition) is 1. The van der Waals surface area contributed by atoms with Crippen LogP contribution < -0.4 is 10.6 Å². The first-order valence-electron chi connectivity index (χ1n) is 6.47. The van der Waals surface area contributed by atoms with Gasteiger partial charge in [0, 0.05) is 26.4 Å². The highest BCUT2D eigenvalue weighted by Crippen LogP contribution is 2.33. The van der Waals surface area contributed by atoms with Crippen molar-refractivity contribution in [3.05, 3.63) is 0 Å². The molecular formula is C12H22N4O2S. The molecule has 1 fully saturated rings. The van der Waals surface area contributed by atoms with Crippen LogP contribution in [0.3, 0.4) is 0 Å². The zero-order valence-corrected chi connectivity index (χ0v) is 12.7. The van der Waals surface area contributed by atoms with Gasteiger partial charge < -0.3 is 10.6 Å². The van der Waals surface area contributed by atoms with Crippen LogP contribution >= 0.6 is 0 Å². The quantitative estimate of drug-likeness (QED) is 0.873. The lowest BCUT2D eigenvalue weighted by molar-refractivity contribution is 0.354. The normalized spacial score (nSPS) is 24.7. The summed E-state index contributed by atoms with van der Waals surface area (Å²) < 4.78 is 25.3. The summed E-state index contributed by atoms with van der Waals surface area (Å²) in [7, 11) is -1.71. The Morgan fingerprint density at radius 3 is 2.26 bits per heavy atom. The van der Waals surface area contributed by atoms with Crippen molar-refractivity contribution < 1.29 is 8.42 Å². The van der Waals surface area contributed by atoms with Crippen LogP contribution in [0, 0.1) is 11.8 Å². The lowest BCUT2D eigenvalue weighted by atomic mass is 9.92. The Balaban J connectivity index is 2.48. The Hall–Kier alpha value is -1.24. The van der Waals surface area contributed by atoms with Gasteiger partial charge in [0.2, 0.25) is 0 Å². The van der Waals surface area contributed by atoms with Crippen molar-refractivity contribution in [2.24, 2.45) is 18.9 Å². The first-order valence-corrected chi connectivity index (χ1v) is 8.36. The van der Waals surface area contributed by atoms with Crippen LogP contribution in [0.1, 0.15) is 20.3 Å². The Morgan fingerprint density at radius 2 is 1.79 bits per heavy atom. The highest BCUT2D eigenvalue weighted by molar-refractivity contribution is 7.91. The third kappa shape index (κ3) is 2.70. The van der Waals surface area contributed by atoms with E-state index in [0.717, 1.165) is 19.5 Å². The van der Waals surface area contributed by atoms with E-state index in [1.807, 2.05) is 4.90 Å². The number of sulfone groups is 1. The maximum Gasteiger partial charge on any atom is 0.182 e. The smallest absolute Gasteiger partial charge is 0.182 e. The number of nitrogens with zero attached hydrogens (tertiary/aromatic N) is 3. The van der Waals surface area contributed by atoms with Gasteiger partial charge in [0.05, 0.1) is 0 Å². The molecular weight excluding hydrogens is 264 g/mol. The van der Waals surface area contributed by atoms with Crippen molar-refractivity contribution >= 4 is 21.5 Å². The largest absolute Gasteiger partial charge is 0.383 e. The minimum Gasteiger partial charge on any atom is -0.383 e. The second-order valence-electron chi connectivity index (χ2n) is 5.78. The number of aromatic nitrogens is 2. The predicted octanol–water partition coefficient (Wildman–Crippen LogP) is 0.888. The first-order chi connectivity index (χ1) is 8.70. The number of anilines is 2. The zero-order chi connectivity index (χ0) is 14.4. The Morgan fingerprint density at radius 1 is 1.26 bits per heavy atom. The van der Waals surface area contributed by atoms with Crippen molar-refractivity contribution in [2.45, 2.75) is 25.2 Å². The molecule has 1 aliphatic heterocycles. The van der Waals surface area contributed by atoms with E-state index in [-0.39, 0.29) is 10.7 Å². The average molecular weight is 286 g/mol. The van der Waals surface area contributed by atoms with Crippen molar-refractivity contribution in [2.75, 3.05) is 30.0 Å². The molecule has 1 saturated heterocycles. The van der Waals surface area contributed by atoms with Crippen molar-refractivity contribution in [1.82, 2.24) is 9.78 Å². The molecule has 2 atom stereocenters. The van der Waals surface area contributed by atoms with Crippen LogP contribution in [-0.2, 0) is 16.9 Å². The molecule has 7 heteroatoms. The van der Waals surface area contributed by atoms with Gasteiger partial charge in [-0.05, 0) is 18.3 Å². The molecule has 2 heterocycles. The van der Waals surface area contributed by atoms with Crippen LogP contribution in [0.5, 0.6) is 0 Å². The number of hydrogen-bond acceptors (Lipinski definition) is 5. The second kappa shape index (κ2) is 4.70. The topological polar surface area (TPSA) is 81.2 Å². The van der Waals surface area contributed by atoms with Gasteiger partial charge in [-0.3, -0.25) is 0 Å². The minimum absolute atomic E-state index is 0.163. The van der Waals surface area contributed by atoms with Crippen LogP contribution in [-0.4, -0.2) is 37.5 Å². The molecule has 1 aromatic rings. The monoisotopic (exact) mass is 286 g/mol. The second-order valence-corrected chi connectivity index (χ2v) is 7.74. The summed E-state index contributed by atoms with van der Waals surface area (Å²) in [6, 6.07) is 0. The Kier molecular flexibility index (Phi) is 3.51. The number of nitrogens with two attached hydrogens (primary N) is 1. The molecule has 108 valence electrons. The molecule has 0 saturated carbocycles. The summed E-state index contributed by atoms with van der Waals surface area (Å²) in [5, 5.41) is 4.31. The van der Waals surface area contributed by atoms with E-state index in [1.54, 1.807) is 7.05 Å². The summed E-state index contributed by atoms with van der Waals surface area (Å²) in [6.07, 6.45) is 2.34. The van der Waals surface area contributed by atoms with Crippen molar-refractivity contribution in [3.8, 4) is 0 Å². The lowest BCUT2D eigenvalue weighted by Crippen LogP contribution is -2.39. The SMILES string of the molecule is CC1CC(C)CN(c2nn(C)c(N)c2S(C)(=O)=O)C1. The van der Waals surface area contributed by atoms with Crippen LogP contribution in [0.25, 0.3) is 0 Å². The molecule has 6 nitrogen and oxygen atoms in total. The molecule has 2 N–H and O–H groups in total. The van der Waals surface area contributed by atoms with Crippen molar-refractivity contribution in [3.63, 3.8) is 0 Å². The van der Waals surface area contributed by atoms with Gasteiger partial charge in [0.15, 0.2) is 20.6 Å². The van der Waals surface area contributed by atoms with Gasteiger partial charge in [-0.2, -0.15) is 5.10 Å². The highest BCUT2D eigenvalue weighted by Gasteiger charge is 2.30. The average Bonchev–Trinajstić information content (AvgIpc) is 2.53. The van der Waals surface area contributed by atoms with Crippen LogP contribution in [0.2, 0.25) is 0 Å². The van der Waals surface area contributed by atoms with E-state index in [4.69, 9.17) is 5.73 Å². The first kappa shape index (κ1) is 14.2. The molecule has 19 heavy (non-hydrogen) atoms. The van der Waals surface area contributed by atoms with Crippen LogP contribution in [0.4, 0.5) is 11.6 Å². The van der Waals surface area contributed by atoms with E-state index in [9.17, 15) is 8.42 Å². The van der Waals surface area contributed by atoms with E-state index < -0.39 is 9.84 Å². The van der Waals surface area contributed by atoms with E-state index in [2.05, 4.69) is 18.9 Å². The molecule has 0 bridgehead atoms. The third-order valence-corrected chi connectivity index (χ3v) is 4.70. The molecule has 1 aromatic heterocycles. The van der Waals surface area contributed by atoms with Gasteiger partial charge in [0.1, 0.15) is 5.82 Å². The highest BCUT2D eigenvalue weighted by atomic mass is 32.2. The fraction of sp³-hybridized carbons (Fsp3) is 0.750. The number of aryl methyl sites for hydroxylation is 1. The Bertz CT molecular complexity index is 569. The molecule has 2 unspecified atom stereocenters. The molecule has 0 aliphatic carbocycles. The minimum atomic E-state index is -3.38. The van der Waals surface area contributed by atoms with E-state index >= 15 is 0 Å². The summed E-state index contributed by atoms with van der Waals surface area (Å²) in [6.45, 7) is 6.00. The molecule has 0 aromatic carbocycles. The standard InChI is InChI=1S/C12H22N4O2S/c1-8-5-9(2)7-16(6-8)12-10(19(4,17)18)11(13)15(3)14-12/h8-9H,5-7,13H2,1-4H3. The number of rotatable bonds is 2. The lowest BCUT2D eigenvalue weighted by Gasteiger charge is -2.35. The summed E-state index contributed by atoms with van der Waals surface area (Å²) in [5.74, 6) is 1.77. The molecule has 0 radical (unpaired) electrons. The summed E-state index contributed by atoms with van der Waals surface area (Å²) in [5.41, 5.74) is 5.86. The fourth-order valence-electron chi connectivity index (χ4n) is 2.90. The van der Waals surface area contributed by atoms with E-state index in [1.165, 1.54) is 10.9 Å². The maximum atomic E-state index is 11.9. The fourth-order valence-corrected chi connectivity index (χ4v) is 3.91. The van der Waals surface area contributed by atoms with Crippen molar-refractivity contribution in [1.29, 1.82) is 0 Å².